The summed E-state index contributed by atoms with van der Waals surface area (Å²) in [7, 11) is 0. The van der Waals surface area contributed by atoms with Crippen molar-refractivity contribution in [1.82, 2.24) is 15.0 Å². The van der Waals surface area contributed by atoms with Crippen LogP contribution >= 0.6 is 0 Å². The highest BCUT2D eigenvalue weighted by Crippen LogP contribution is 2.47. The number of fused-ring (bicyclic) bond motifs is 8. The largest absolute Gasteiger partial charge is 0.310 e. The van der Waals surface area contributed by atoms with Crippen molar-refractivity contribution in [2.24, 2.45) is 0 Å². The fourth-order valence-electron chi connectivity index (χ4n) is 7.62. The van der Waals surface area contributed by atoms with Crippen molar-refractivity contribution in [3.05, 3.63) is 182 Å². The summed E-state index contributed by atoms with van der Waals surface area (Å²) in [5.41, 5.74) is 10.2. The molecule has 51 heavy (non-hydrogen) atoms. The molecular weight excluding hydrogens is 621 g/mol. The van der Waals surface area contributed by atoms with Gasteiger partial charge in [-0.25, -0.2) is 4.98 Å². The zero-order valence-corrected chi connectivity index (χ0v) is 27.6. The van der Waals surface area contributed by atoms with E-state index in [0.29, 0.717) is 0 Å². The summed E-state index contributed by atoms with van der Waals surface area (Å²) in [5, 5.41) is 7.96. The molecule has 0 unspecified atom stereocenters. The number of aromatic nitrogens is 3. The molecule has 7 aromatic carbocycles. The predicted molar refractivity (Wildman–Crippen MR) is 213 cm³/mol. The minimum absolute atomic E-state index is 0.903. The third kappa shape index (κ3) is 4.80. The Morgan fingerprint density at radius 2 is 1.10 bits per heavy atom. The Morgan fingerprint density at radius 3 is 1.92 bits per heavy atom. The first-order chi connectivity index (χ1) is 25.3. The van der Waals surface area contributed by atoms with E-state index in [9.17, 15) is 0 Å². The molecule has 0 aliphatic carbocycles. The Hall–Kier alpha value is -6.91. The standard InChI is InChI=1S/C47H30N4/c1-3-17-35(18-4-1)51(36-19-5-2-6-20-36)42-30-33-13-7-8-21-38(33)43-40-22-9-10-23-41(40)50-45(44(42)43)34-15-11-14-32(29-34)37-26-28-49-47-39(37)25-24-31-16-12-27-48-46(31)47/h1-30H. The first kappa shape index (κ1) is 29.0. The Labute approximate surface area is 294 Å². The Bertz CT molecular complexity index is 2870. The molecule has 0 saturated carbocycles. The van der Waals surface area contributed by atoms with Gasteiger partial charge in [-0.05, 0) is 76.5 Å². The van der Waals surface area contributed by atoms with E-state index in [1.807, 2.05) is 18.5 Å². The summed E-state index contributed by atoms with van der Waals surface area (Å²) in [5.74, 6) is 0. The lowest BCUT2D eigenvalue weighted by molar-refractivity contribution is 1.30. The van der Waals surface area contributed by atoms with Crippen molar-refractivity contribution in [2.75, 3.05) is 4.90 Å². The number of hydrogen-bond acceptors (Lipinski definition) is 4. The second-order valence-electron chi connectivity index (χ2n) is 12.8. The number of anilines is 3. The molecule has 0 saturated heterocycles. The maximum absolute atomic E-state index is 5.50. The minimum atomic E-state index is 0.903. The quantitative estimate of drug-likeness (QED) is 0.174. The van der Waals surface area contributed by atoms with E-state index in [2.05, 4.69) is 169 Å². The topological polar surface area (TPSA) is 41.9 Å². The summed E-state index contributed by atoms with van der Waals surface area (Å²) in [4.78, 5) is 17.4. The van der Waals surface area contributed by atoms with E-state index in [1.54, 1.807) is 0 Å². The molecule has 0 aliphatic rings. The van der Waals surface area contributed by atoms with Crippen molar-refractivity contribution < 1.29 is 0 Å². The van der Waals surface area contributed by atoms with Gasteiger partial charge in [0, 0.05) is 56.3 Å². The van der Waals surface area contributed by atoms with Crippen LogP contribution in [0.1, 0.15) is 0 Å². The molecular formula is C47H30N4. The SMILES string of the molecule is c1ccc(N(c2ccccc2)c2cc3ccccc3c3c2c(-c2cccc(-c4ccnc5c4ccc4cccnc45)c2)nc2ccccc23)cc1. The maximum atomic E-state index is 5.50. The average Bonchev–Trinajstić information content (AvgIpc) is 3.21. The molecule has 3 aromatic heterocycles. The predicted octanol–water partition coefficient (Wildman–Crippen LogP) is 12.4. The fraction of sp³-hybridized carbons (Fsp3) is 0. The van der Waals surface area contributed by atoms with Crippen LogP contribution in [0, 0.1) is 0 Å². The summed E-state index contributed by atoms with van der Waals surface area (Å²) in [6.45, 7) is 0. The zero-order valence-electron chi connectivity index (χ0n) is 27.6. The van der Waals surface area contributed by atoms with Gasteiger partial charge in [0.1, 0.15) is 0 Å². The molecule has 0 fully saturated rings. The Kier molecular flexibility index (Phi) is 6.78. The summed E-state index contributed by atoms with van der Waals surface area (Å²) < 4.78 is 0. The molecule has 238 valence electrons. The molecule has 10 aromatic rings. The van der Waals surface area contributed by atoms with Crippen molar-refractivity contribution in [1.29, 1.82) is 0 Å². The van der Waals surface area contributed by atoms with Crippen LogP contribution < -0.4 is 4.90 Å². The molecule has 4 nitrogen and oxygen atoms in total. The van der Waals surface area contributed by atoms with Crippen LogP contribution in [0.2, 0.25) is 0 Å². The highest BCUT2D eigenvalue weighted by atomic mass is 15.1. The van der Waals surface area contributed by atoms with Crippen LogP contribution in [0.5, 0.6) is 0 Å². The van der Waals surface area contributed by atoms with Crippen molar-refractivity contribution in [3.8, 4) is 22.4 Å². The second kappa shape index (κ2) is 11.9. The van der Waals surface area contributed by atoms with Crippen molar-refractivity contribution in [3.63, 3.8) is 0 Å². The van der Waals surface area contributed by atoms with Gasteiger partial charge in [-0.3, -0.25) is 9.97 Å². The third-order valence-electron chi connectivity index (χ3n) is 9.87. The molecule has 0 atom stereocenters. The van der Waals surface area contributed by atoms with Gasteiger partial charge < -0.3 is 4.90 Å². The van der Waals surface area contributed by atoms with E-state index in [1.165, 1.54) is 16.2 Å². The lowest BCUT2D eigenvalue weighted by atomic mass is 9.91. The van der Waals surface area contributed by atoms with Crippen LogP contribution in [0.3, 0.4) is 0 Å². The van der Waals surface area contributed by atoms with Gasteiger partial charge in [0.15, 0.2) is 0 Å². The van der Waals surface area contributed by atoms with Crippen LogP contribution in [-0.4, -0.2) is 15.0 Å². The van der Waals surface area contributed by atoms with Gasteiger partial charge in [-0.15, -0.1) is 0 Å². The van der Waals surface area contributed by atoms with Gasteiger partial charge in [0.05, 0.1) is 27.9 Å². The first-order valence-corrected chi connectivity index (χ1v) is 17.2. The van der Waals surface area contributed by atoms with Crippen LogP contribution in [0.25, 0.3) is 76.6 Å². The molecule has 0 bridgehead atoms. The minimum Gasteiger partial charge on any atom is -0.310 e. The van der Waals surface area contributed by atoms with Crippen molar-refractivity contribution >= 4 is 71.3 Å². The van der Waals surface area contributed by atoms with Crippen LogP contribution in [-0.2, 0) is 0 Å². The molecule has 0 amide bonds. The molecule has 0 spiro atoms. The first-order valence-electron chi connectivity index (χ1n) is 17.2. The van der Waals surface area contributed by atoms with Crippen LogP contribution in [0.4, 0.5) is 17.1 Å². The smallest absolute Gasteiger partial charge is 0.0970 e. The van der Waals surface area contributed by atoms with Gasteiger partial charge in [0.2, 0.25) is 0 Å². The number of rotatable bonds is 5. The van der Waals surface area contributed by atoms with Gasteiger partial charge in [-0.2, -0.15) is 0 Å². The highest BCUT2D eigenvalue weighted by Gasteiger charge is 2.23. The third-order valence-corrected chi connectivity index (χ3v) is 9.87. The number of para-hydroxylation sites is 3. The van der Waals surface area contributed by atoms with Gasteiger partial charge >= 0.3 is 0 Å². The normalized spacial score (nSPS) is 11.5. The Balaban J connectivity index is 1.31. The summed E-state index contributed by atoms with van der Waals surface area (Å²) >= 11 is 0. The molecule has 0 radical (unpaired) electrons. The average molecular weight is 651 g/mol. The van der Waals surface area contributed by atoms with E-state index in [0.717, 1.165) is 77.5 Å². The van der Waals surface area contributed by atoms with Gasteiger partial charge in [-0.1, -0.05) is 115 Å². The molecule has 0 aliphatic heterocycles. The number of nitrogens with zero attached hydrogens (tertiary/aromatic N) is 4. The van der Waals surface area contributed by atoms with E-state index >= 15 is 0 Å². The monoisotopic (exact) mass is 650 g/mol. The molecule has 10 rings (SSSR count). The number of hydrogen-bond donors (Lipinski definition) is 0. The summed E-state index contributed by atoms with van der Waals surface area (Å²) in [6.07, 6.45) is 3.73. The fourth-order valence-corrected chi connectivity index (χ4v) is 7.62. The maximum Gasteiger partial charge on any atom is 0.0970 e. The Morgan fingerprint density at radius 1 is 0.412 bits per heavy atom. The number of pyridine rings is 3. The molecule has 4 heteroatoms. The van der Waals surface area contributed by atoms with Crippen LogP contribution in [0.15, 0.2) is 182 Å². The van der Waals surface area contributed by atoms with Gasteiger partial charge in [0.25, 0.3) is 0 Å². The second-order valence-corrected chi connectivity index (χ2v) is 12.8. The van der Waals surface area contributed by atoms with E-state index in [-0.39, 0.29) is 0 Å². The molecule has 3 heterocycles. The highest BCUT2D eigenvalue weighted by molar-refractivity contribution is 6.27. The zero-order chi connectivity index (χ0) is 33.7. The lowest BCUT2D eigenvalue weighted by Crippen LogP contribution is -2.11. The number of benzene rings is 7. The van der Waals surface area contributed by atoms with E-state index in [4.69, 9.17) is 15.0 Å². The lowest BCUT2D eigenvalue weighted by Gasteiger charge is -2.28. The summed E-state index contributed by atoms with van der Waals surface area (Å²) in [6, 6.07) is 60.1. The van der Waals surface area contributed by atoms with Crippen molar-refractivity contribution in [2.45, 2.75) is 0 Å². The van der Waals surface area contributed by atoms with E-state index < -0.39 is 0 Å². The molecule has 0 N–H and O–H groups in total.